The zero-order chi connectivity index (χ0) is 26.7. The van der Waals surface area contributed by atoms with Crippen molar-refractivity contribution in [1.29, 1.82) is 0 Å². The maximum Gasteiger partial charge on any atom is 0.324 e. The molecule has 0 spiro atoms. The maximum atomic E-state index is 13.8. The molecule has 2 aromatic heterocycles. The van der Waals surface area contributed by atoms with E-state index < -0.39 is 23.6 Å². The zero-order valence-electron chi connectivity index (χ0n) is 19.6. The second-order valence-corrected chi connectivity index (χ2v) is 8.62. The summed E-state index contributed by atoms with van der Waals surface area (Å²) in [6.45, 7) is 3.79. The molecule has 0 saturated heterocycles. The van der Waals surface area contributed by atoms with E-state index in [-0.39, 0.29) is 33.8 Å². The number of amides is 3. The lowest BCUT2D eigenvalue weighted by molar-refractivity contribution is 0.0995. The van der Waals surface area contributed by atoms with Crippen LogP contribution in [-0.4, -0.2) is 26.7 Å². The Labute approximate surface area is 215 Å². The number of pyridine rings is 1. The van der Waals surface area contributed by atoms with E-state index in [9.17, 15) is 18.4 Å². The molecule has 190 valence electrons. The summed E-state index contributed by atoms with van der Waals surface area (Å²) in [7, 11) is 0. The fourth-order valence-electron chi connectivity index (χ4n) is 3.31. The Bertz CT molecular complexity index is 1470. The van der Waals surface area contributed by atoms with E-state index in [1.54, 1.807) is 18.2 Å². The molecule has 12 heteroatoms. The number of halogens is 3. The molecule has 0 unspecified atom stereocenters. The highest BCUT2D eigenvalue weighted by atomic mass is 35.5. The first-order valence-corrected chi connectivity index (χ1v) is 11.3. The normalized spacial score (nSPS) is 10.9. The van der Waals surface area contributed by atoms with Gasteiger partial charge in [-0.05, 0) is 36.2 Å². The lowest BCUT2D eigenvalue weighted by atomic mass is 10.1. The summed E-state index contributed by atoms with van der Waals surface area (Å²) in [4.78, 5) is 27.9. The van der Waals surface area contributed by atoms with Gasteiger partial charge in [-0.3, -0.25) is 15.1 Å². The van der Waals surface area contributed by atoms with Gasteiger partial charge in [0, 0.05) is 30.5 Å². The third-order valence-corrected chi connectivity index (χ3v) is 5.37. The molecular weight excluding hydrogens is 506 g/mol. The number of carbonyl (C=O) groups is 2. The molecule has 0 aliphatic heterocycles. The number of aromatic nitrogens is 3. The summed E-state index contributed by atoms with van der Waals surface area (Å²) >= 11 is 6.32. The van der Waals surface area contributed by atoms with Crippen LogP contribution in [0.2, 0.25) is 5.02 Å². The van der Waals surface area contributed by atoms with Gasteiger partial charge in [0.25, 0.3) is 5.91 Å². The van der Waals surface area contributed by atoms with E-state index in [0.29, 0.717) is 17.2 Å². The summed E-state index contributed by atoms with van der Waals surface area (Å²) < 4.78 is 34.5. The number of benzene rings is 2. The van der Waals surface area contributed by atoms with E-state index >= 15 is 0 Å². The number of hydrogen-bond donors (Lipinski definition) is 3. The van der Waals surface area contributed by atoms with E-state index in [1.807, 2.05) is 13.8 Å². The van der Waals surface area contributed by atoms with Crippen LogP contribution in [0.4, 0.5) is 25.1 Å². The third kappa shape index (κ3) is 6.19. The molecule has 0 aliphatic rings. The van der Waals surface area contributed by atoms with Crippen molar-refractivity contribution in [1.82, 2.24) is 14.8 Å². The van der Waals surface area contributed by atoms with Crippen LogP contribution in [0.3, 0.4) is 0 Å². The lowest BCUT2D eigenvalue weighted by Gasteiger charge is -2.12. The fourth-order valence-corrected chi connectivity index (χ4v) is 3.52. The van der Waals surface area contributed by atoms with Crippen molar-refractivity contribution in [2.45, 2.75) is 19.8 Å². The lowest BCUT2D eigenvalue weighted by Crippen LogP contribution is -2.21. The number of nitrogens with one attached hydrogen (secondary N) is 2. The second-order valence-electron chi connectivity index (χ2n) is 8.21. The summed E-state index contributed by atoms with van der Waals surface area (Å²) in [6.07, 6.45) is 1.38. The Morgan fingerprint density at radius 2 is 1.70 bits per heavy atom. The zero-order valence-corrected chi connectivity index (χ0v) is 20.4. The van der Waals surface area contributed by atoms with Gasteiger partial charge in [-0.15, -0.1) is 0 Å². The van der Waals surface area contributed by atoms with Crippen molar-refractivity contribution in [2.24, 2.45) is 5.73 Å². The van der Waals surface area contributed by atoms with Crippen molar-refractivity contribution in [3.8, 4) is 17.2 Å². The van der Waals surface area contributed by atoms with E-state index in [1.165, 1.54) is 29.1 Å². The van der Waals surface area contributed by atoms with Gasteiger partial charge in [0.05, 0.1) is 22.1 Å². The molecule has 4 aromatic rings. The number of anilines is 2. The fraction of sp³-hybridized carbons (Fsp3) is 0.120. The van der Waals surface area contributed by atoms with Crippen LogP contribution >= 0.6 is 11.6 Å². The van der Waals surface area contributed by atoms with Gasteiger partial charge >= 0.3 is 6.03 Å². The number of primary amides is 1. The Kier molecular flexibility index (Phi) is 7.35. The summed E-state index contributed by atoms with van der Waals surface area (Å²) in [6, 6.07) is 11.4. The first-order chi connectivity index (χ1) is 17.6. The number of nitrogens with zero attached hydrogens (tertiary/aromatic N) is 3. The molecule has 9 nitrogen and oxygen atoms in total. The molecule has 0 bridgehead atoms. The van der Waals surface area contributed by atoms with Crippen LogP contribution in [-0.2, 0) is 0 Å². The molecule has 2 aromatic carbocycles. The molecule has 0 radical (unpaired) electrons. The number of urea groups is 1. The van der Waals surface area contributed by atoms with Gasteiger partial charge in [0.1, 0.15) is 34.6 Å². The van der Waals surface area contributed by atoms with Crippen molar-refractivity contribution in [3.05, 3.63) is 88.8 Å². The first-order valence-electron chi connectivity index (χ1n) is 11.0. The van der Waals surface area contributed by atoms with Crippen LogP contribution in [0.15, 0.2) is 60.8 Å². The average Bonchev–Trinajstić information content (AvgIpc) is 3.24. The minimum atomic E-state index is -0.779. The van der Waals surface area contributed by atoms with Gasteiger partial charge in [-0.2, -0.15) is 5.10 Å². The van der Waals surface area contributed by atoms with Crippen LogP contribution in [0.1, 0.15) is 35.9 Å². The van der Waals surface area contributed by atoms with Gasteiger partial charge in [-0.25, -0.2) is 18.3 Å². The van der Waals surface area contributed by atoms with Gasteiger partial charge in [-0.1, -0.05) is 25.4 Å². The van der Waals surface area contributed by atoms with E-state index in [0.717, 1.165) is 18.2 Å². The number of rotatable bonds is 7. The number of hydrogen-bond acceptors (Lipinski definition) is 5. The topological polar surface area (TPSA) is 124 Å². The Balaban J connectivity index is 1.51. The Morgan fingerprint density at radius 3 is 2.35 bits per heavy atom. The average molecular weight is 527 g/mol. The summed E-state index contributed by atoms with van der Waals surface area (Å²) in [5.41, 5.74) is 6.25. The van der Waals surface area contributed by atoms with Crippen molar-refractivity contribution >= 4 is 35.0 Å². The predicted molar refractivity (Wildman–Crippen MR) is 134 cm³/mol. The molecule has 0 atom stereocenters. The standard InChI is InChI=1S/C25H21ClF2N6O3/c1-13(2)21-12-23(34(33-21)16-8-14(27)7-15(28)9-16)32-25(36)31-20-4-3-17(10-19(20)26)37-18-5-6-30-22(11-18)24(29)35/h3-13H,1-2H3,(H2,29,35)(H2,31,32,36). The van der Waals surface area contributed by atoms with Gasteiger partial charge < -0.3 is 15.8 Å². The third-order valence-electron chi connectivity index (χ3n) is 5.06. The van der Waals surface area contributed by atoms with Crippen LogP contribution in [0, 0.1) is 11.6 Å². The molecule has 4 rings (SSSR count). The number of ether oxygens (including phenoxy) is 1. The molecule has 0 fully saturated rings. The van der Waals surface area contributed by atoms with Crippen molar-refractivity contribution in [3.63, 3.8) is 0 Å². The maximum absolute atomic E-state index is 13.8. The van der Waals surface area contributed by atoms with Crippen molar-refractivity contribution < 1.29 is 23.1 Å². The number of carbonyl (C=O) groups excluding carboxylic acids is 2. The number of nitrogens with two attached hydrogens (primary N) is 1. The van der Waals surface area contributed by atoms with Gasteiger partial charge in [0.15, 0.2) is 0 Å². The first kappa shape index (κ1) is 25.6. The van der Waals surface area contributed by atoms with E-state index in [4.69, 9.17) is 22.1 Å². The molecule has 4 N–H and O–H groups in total. The molecule has 0 saturated carbocycles. The SMILES string of the molecule is CC(C)c1cc(NC(=O)Nc2ccc(Oc3ccnc(C(N)=O)c3)cc2Cl)n(-c2cc(F)cc(F)c2)n1. The Hall–Kier alpha value is -4.51. The van der Waals surface area contributed by atoms with Crippen LogP contribution in [0.5, 0.6) is 11.5 Å². The Morgan fingerprint density at radius 1 is 1.00 bits per heavy atom. The molecule has 3 amide bonds. The molecular formula is C25H21ClF2N6O3. The van der Waals surface area contributed by atoms with E-state index in [2.05, 4.69) is 20.7 Å². The monoisotopic (exact) mass is 526 g/mol. The molecule has 2 heterocycles. The largest absolute Gasteiger partial charge is 0.457 e. The smallest absolute Gasteiger partial charge is 0.324 e. The van der Waals surface area contributed by atoms with Crippen LogP contribution < -0.4 is 21.1 Å². The van der Waals surface area contributed by atoms with Gasteiger partial charge in [0.2, 0.25) is 0 Å². The van der Waals surface area contributed by atoms with Crippen molar-refractivity contribution in [2.75, 3.05) is 10.6 Å². The molecule has 0 aliphatic carbocycles. The minimum absolute atomic E-state index is 0.00953. The predicted octanol–water partition coefficient (Wildman–Crippen LogP) is 5.86. The highest BCUT2D eigenvalue weighted by molar-refractivity contribution is 6.34. The highest BCUT2D eigenvalue weighted by Crippen LogP contribution is 2.30. The van der Waals surface area contributed by atoms with Crippen LogP contribution in [0.25, 0.3) is 5.69 Å². The summed E-state index contributed by atoms with van der Waals surface area (Å²) in [5, 5.41) is 9.79. The second kappa shape index (κ2) is 10.6. The highest BCUT2D eigenvalue weighted by Gasteiger charge is 2.17. The minimum Gasteiger partial charge on any atom is -0.457 e. The molecule has 37 heavy (non-hydrogen) atoms. The summed E-state index contributed by atoms with van der Waals surface area (Å²) in [5.74, 6) is -1.41. The quantitative estimate of drug-likeness (QED) is 0.278.